The molecule has 8 rings (SSSR count). The number of hydrogen-bond donors (Lipinski definition) is 2. The van der Waals surface area contributed by atoms with Gasteiger partial charge in [0.05, 0.1) is 22.6 Å². The van der Waals surface area contributed by atoms with Crippen molar-refractivity contribution in [3.05, 3.63) is 90.0 Å². The van der Waals surface area contributed by atoms with Crippen LogP contribution in [0.4, 0.5) is 10.2 Å². The van der Waals surface area contributed by atoms with Crippen LogP contribution in [0.2, 0.25) is 0 Å². The lowest BCUT2D eigenvalue weighted by Crippen LogP contribution is -2.54. The first-order chi connectivity index (χ1) is 28.7. The summed E-state index contributed by atoms with van der Waals surface area (Å²) in [5.74, 6) is -1.07. The lowest BCUT2D eigenvalue weighted by Gasteiger charge is -2.33. The molecule has 3 N–H and O–H groups in total. The summed E-state index contributed by atoms with van der Waals surface area (Å²) in [4.78, 5) is 76.0. The molecule has 5 aromatic rings. The number of unbranched alkanes of at least 4 members (excludes halogenated alkanes) is 4. The van der Waals surface area contributed by atoms with Crippen LogP contribution in [0, 0.1) is 5.82 Å². The van der Waals surface area contributed by atoms with Gasteiger partial charge in [0.2, 0.25) is 17.7 Å². The van der Waals surface area contributed by atoms with E-state index in [2.05, 4.69) is 15.3 Å². The summed E-state index contributed by atoms with van der Waals surface area (Å²) in [6, 6.07) is 18.7. The molecule has 0 aliphatic carbocycles. The number of benzene rings is 3. The molecule has 0 saturated carbocycles. The van der Waals surface area contributed by atoms with Crippen molar-refractivity contribution in [3.8, 4) is 22.8 Å². The number of nitrogens with zero attached hydrogens (tertiary/aromatic N) is 6. The zero-order valence-electron chi connectivity index (χ0n) is 32.3. The molecule has 3 aromatic carbocycles. The zero-order chi connectivity index (χ0) is 41.0. The average molecular weight is 819 g/mol. The Morgan fingerprint density at radius 1 is 0.881 bits per heavy atom. The Bertz CT molecular complexity index is 2430. The van der Waals surface area contributed by atoms with E-state index in [1.807, 2.05) is 64.2 Å². The number of aromatic nitrogens is 4. The summed E-state index contributed by atoms with van der Waals surface area (Å²) in [7, 11) is 0. The minimum Gasteiger partial charge on any atom is -0.457 e. The quantitative estimate of drug-likeness (QED) is 0.0691. The summed E-state index contributed by atoms with van der Waals surface area (Å²) in [6.45, 7) is 1.21. The molecular weight excluding hydrogens is 776 g/mol. The number of fused-ring (bicyclic) bond motifs is 2. The Balaban J connectivity index is 0.812. The van der Waals surface area contributed by atoms with Crippen LogP contribution in [-0.4, -0.2) is 84.0 Å². The third-order valence-electron chi connectivity index (χ3n) is 11.0. The van der Waals surface area contributed by atoms with Gasteiger partial charge in [0.25, 0.3) is 11.8 Å². The number of hydrogen-bond acceptors (Lipinski definition) is 11. The molecule has 2 atom stereocenters. The number of anilines is 1. The Morgan fingerprint density at radius 2 is 1.63 bits per heavy atom. The second kappa shape index (κ2) is 17.4. The minimum absolute atomic E-state index is 0.00303. The summed E-state index contributed by atoms with van der Waals surface area (Å²) < 4.78 is 22.7. The predicted octanol–water partition coefficient (Wildman–Crippen LogP) is 6.70. The summed E-state index contributed by atoms with van der Waals surface area (Å²) in [5.41, 5.74) is 8.20. The zero-order valence-corrected chi connectivity index (χ0v) is 33.1. The van der Waals surface area contributed by atoms with Crippen molar-refractivity contribution in [1.29, 1.82) is 0 Å². The van der Waals surface area contributed by atoms with Gasteiger partial charge in [-0.2, -0.15) is 5.10 Å². The van der Waals surface area contributed by atoms with Gasteiger partial charge >= 0.3 is 0 Å². The SMILES string of the molecule is Nc1ncnc2c1c(-c1ccc(Oc3ccccc3)cc1)nn2C1CCCN(C(=O)CCCCCCCSc2ccc(F)c3c2C(=O)N(C2CCC(=O)NC2=O)C3=O)C1. The van der Waals surface area contributed by atoms with Crippen LogP contribution in [-0.2, 0) is 14.4 Å². The number of carbonyl (C=O) groups excluding carboxylic acids is 5. The fraction of sp³-hybridized carbons (Fsp3) is 0.349. The third kappa shape index (κ3) is 8.26. The number of likely N-dealkylation sites (tertiary alicyclic amines) is 1. The highest BCUT2D eigenvalue weighted by molar-refractivity contribution is 7.99. The van der Waals surface area contributed by atoms with E-state index in [0.717, 1.165) is 61.2 Å². The Hall–Kier alpha value is -6.16. The van der Waals surface area contributed by atoms with E-state index < -0.39 is 35.5 Å². The number of rotatable bonds is 14. The molecule has 0 radical (unpaired) electrons. The molecule has 2 unspecified atom stereocenters. The second-order valence-electron chi connectivity index (χ2n) is 14.9. The van der Waals surface area contributed by atoms with Crippen LogP contribution >= 0.6 is 11.8 Å². The van der Waals surface area contributed by atoms with E-state index in [4.69, 9.17) is 15.6 Å². The molecule has 16 heteroatoms. The summed E-state index contributed by atoms with van der Waals surface area (Å²) in [6.07, 6.45) is 7.83. The van der Waals surface area contributed by atoms with Gasteiger partial charge in [-0.3, -0.25) is 34.2 Å². The maximum absolute atomic E-state index is 14.8. The first kappa shape index (κ1) is 39.7. The number of halogens is 1. The maximum atomic E-state index is 14.8. The van der Waals surface area contributed by atoms with Crippen molar-refractivity contribution in [2.75, 3.05) is 24.6 Å². The lowest BCUT2D eigenvalue weighted by atomic mass is 10.0. The fourth-order valence-corrected chi connectivity index (χ4v) is 9.10. The summed E-state index contributed by atoms with van der Waals surface area (Å²) in [5, 5.41) is 7.85. The molecule has 5 amide bonds. The van der Waals surface area contributed by atoms with E-state index in [0.29, 0.717) is 58.5 Å². The first-order valence-electron chi connectivity index (χ1n) is 19.9. The van der Waals surface area contributed by atoms with E-state index in [-0.39, 0.29) is 35.9 Å². The van der Waals surface area contributed by atoms with E-state index >= 15 is 0 Å². The van der Waals surface area contributed by atoms with Crippen molar-refractivity contribution in [1.82, 2.24) is 34.9 Å². The normalized spacial score (nSPS) is 18.1. The largest absolute Gasteiger partial charge is 0.457 e. The maximum Gasteiger partial charge on any atom is 0.265 e. The van der Waals surface area contributed by atoms with Crippen LogP contribution in [0.1, 0.15) is 91.0 Å². The molecule has 0 spiro atoms. The van der Waals surface area contributed by atoms with Crippen LogP contribution in [0.15, 0.2) is 78.0 Å². The molecule has 5 heterocycles. The number of para-hydroxylation sites is 1. The molecule has 304 valence electrons. The van der Waals surface area contributed by atoms with Crippen LogP contribution < -0.4 is 15.8 Å². The number of nitrogens with two attached hydrogens (primary N) is 1. The standard InChI is InChI=1S/C43H43FN8O6S/c44-30-18-20-32(36-35(30)42(56)51(43(36)57)31-19-21-33(53)48-41(31)55)59-23-8-3-1-2-7-13-34(54)50-22-9-10-27(24-50)52-40-37(39(45)46-25-47-40)38(49-52)26-14-16-29(17-15-26)58-28-11-5-4-6-12-28/h4-6,11-12,14-18,20,25,27,31H,1-3,7-10,13,19,21-24H2,(H2,45,46,47)(H,48,53,55). The van der Waals surface area contributed by atoms with Crippen molar-refractivity contribution in [3.63, 3.8) is 0 Å². The molecule has 2 fully saturated rings. The summed E-state index contributed by atoms with van der Waals surface area (Å²) >= 11 is 1.37. The van der Waals surface area contributed by atoms with Crippen molar-refractivity contribution >= 4 is 58.1 Å². The van der Waals surface area contributed by atoms with Gasteiger partial charge in [0.15, 0.2) is 5.65 Å². The molecule has 3 aliphatic rings. The van der Waals surface area contributed by atoms with Gasteiger partial charge in [-0.15, -0.1) is 11.8 Å². The molecular formula is C43H43FN8O6S. The van der Waals surface area contributed by atoms with Gasteiger partial charge in [-0.05, 0) is 86.4 Å². The van der Waals surface area contributed by atoms with Crippen molar-refractivity contribution < 1.29 is 33.1 Å². The second-order valence-corrected chi connectivity index (χ2v) is 16.1. The molecule has 2 saturated heterocycles. The Kier molecular flexibility index (Phi) is 11.7. The minimum atomic E-state index is -1.16. The molecule has 3 aliphatic heterocycles. The Labute approximate surface area is 343 Å². The molecule has 0 bridgehead atoms. The van der Waals surface area contributed by atoms with Crippen molar-refractivity contribution in [2.45, 2.75) is 81.2 Å². The monoisotopic (exact) mass is 818 g/mol. The molecule has 2 aromatic heterocycles. The smallest absolute Gasteiger partial charge is 0.265 e. The third-order valence-corrected chi connectivity index (χ3v) is 12.2. The van der Waals surface area contributed by atoms with Crippen LogP contribution in [0.3, 0.4) is 0 Å². The molecule has 14 nitrogen and oxygen atoms in total. The number of ether oxygens (including phenoxy) is 1. The van der Waals surface area contributed by atoms with Crippen LogP contribution in [0.5, 0.6) is 11.5 Å². The van der Waals surface area contributed by atoms with Gasteiger partial charge in [0.1, 0.15) is 41.2 Å². The van der Waals surface area contributed by atoms with Crippen LogP contribution in [0.25, 0.3) is 22.3 Å². The number of nitrogen functional groups attached to an aromatic ring is 1. The van der Waals surface area contributed by atoms with Gasteiger partial charge in [-0.25, -0.2) is 19.0 Å². The van der Waals surface area contributed by atoms with E-state index in [9.17, 15) is 28.4 Å². The number of imide groups is 2. The number of thioether (sulfide) groups is 1. The number of nitrogens with one attached hydrogen (secondary N) is 1. The van der Waals surface area contributed by atoms with E-state index in [1.165, 1.54) is 30.2 Å². The first-order valence-corrected chi connectivity index (χ1v) is 20.9. The topological polar surface area (TPSA) is 183 Å². The van der Waals surface area contributed by atoms with E-state index in [1.54, 1.807) is 0 Å². The fourth-order valence-electron chi connectivity index (χ4n) is 8.03. The van der Waals surface area contributed by atoms with Crippen molar-refractivity contribution in [2.24, 2.45) is 0 Å². The molecule has 59 heavy (non-hydrogen) atoms. The highest BCUT2D eigenvalue weighted by Gasteiger charge is 2.47. The van der Waals surface area contributed by atoms with Gasteiger partial charge in [0, 0.05) is 36.4 Å². The highest BCUT2D eigenvalue weighted by Crippen LogP contribution is 2.37. The van der Waals surface area contributed by atoms with Gasteiger partial charge < -0.3 is 15.4 Å². The Morgan fingerprint density at radius 3 is 2.42 bits per heavy atom. The number of carbonyl (C=O) groups is 5. The van der Waals surface area contributed by atoms with Gasteiger partial charge in [-0.1, -0.05) is 37.5 Å². The average Bonchev–Trinajstić information content (AvgIpc) is 3.76. The lowest BCUT2D eigenvalue weighted by molar-refractivity contribution is -0.136. The predicted molar refractivity (Wildman–Crippen MR) is 218 cm³/mol. The highest BCUT2D eigenvalue weighted by atomic mass is 32.2. The number of amides is 5. The number of piperidine rings is 2.